The summed E-state index contributed by atoms with van der Waals surface area (Å²) in [4.78, 5) is 13.6. The molecule has 1 aromatic carbocycles. The molecule has 1 N–H and O–H groups in total. The Morgan fingerprint density at radius 1 is 1.50 bits per heavy atom. The molecular weight excluding hydrogens is 231 g/mol. The van der Waals surface area contributed by atoms with Gasteiger partial charge in [0.25, 0.3) is 0 Å². The van der Waals surface area contributed by atoms with Gasteiger partial charge in [-0.25, -0.2) is 4.39 Å². The van der Waals surface area contributed by atoms with E-state index >= 15 is 0 Å². The van der Waals surface area contributed by atoms with Gasteiger partial charge in [0.2, 0.25) is 5.91 Å². The van der Waals surface area contributed by atoms with Crippen molar-refractivity contribution in [2.75, 3.05) is 25.0 Å². The monoisotopic (exact) mass is 250 g/mol. The van der Waals surface area contributed by atoms with Crippen LogP contribution >= 0.6 is 0 Å². The minimum absolute atomic E-state index is 0.0234. The summed E-state index contributed by atoms with van der Waals surface area (Å²) in [6.45, 7) is 8.94. The smallest absolute Gasteiger partial charge is 0.242 e. The summed E-state index contributed by atoms with van der Waals surface area (Å²) in [7, 11) is 0. The molecule has 0 aliphatic heterocycles. The lowest BCUT2D eigenvalue weighted by molar-refractivity contribution is -0.128. The van der Waals surface area contributed by atoms with Crippen LogP contribution in [0.4, 0.5) is 10.1 Å². The molecule has 0 aliphatic rings. The van der Waals surface area contributed by atoms with Crippen LogP contribution in [0.25, 0.3) is 0 Å². The summed E-state index contributed by atoms with van der Waals surface area (Å²) in [5.41, 5.74) is 1.55. The van der Waals surface area contributed by atoms with Crippen LogP contribution in [0.1, 0.15) is 13.8 Å². The average Bonchev–Trinajstić information content (AvgIpc) is 2.33. The Balaban J connectivity index is 2.51. The first-order valence-corrected chi connectivity index (χ1v) is 5.94. The van der Waals surface area contributed by atoms with E-state index in [2.05, 4.69) is 11.9 Å². The summed E-state index contributed by atoms with van der Waals surface area (Å²) in [5.74, 6) is -0.341. The first-order valence-electron chi connectivity index (χ1n) is 5.94. The maximum atomic E-state index is 12.9. The van der Waals surface area contributed by atoms with Crippen LogP contribution in [-0.2, 0) is 4.79 Å². The van der Waals surface area contributed by atoms with E-state index in [4.69, 9.17) is 0 Å². The van der Waals surface area contributed by atoms with Crippen LogP contribution in [-0.4, -0.2) is 30.4 Å². The molecule has 0 heterocycles. The Morgan fingerprint density at radius 3 is 2.78 bits per heavy atom. The fourth-order valence-electron chi connectivity index (χ4n) is 1.59. The Hall–Kier alpha value is -1.84. The van der Waals surface area contributed by atoms with Crippen molar-refractivity contribution < 1.29 is 9.18 Å². The highest BCUT2D eigenvalue weighted by Crippen LogP contribution is 2.08. The van der Waals surface area contributed by atoms with Crippen LogP contribution in [0.15, 0.2) is 36.4 Å². The standard InChI is InChI=1S/C14H19FN2O/c1-4-17(10-11(2)3)14(18)9-16-13-7-5-6-12(15)8-13/h5-8,16H,2,4,9-10H2,1,3H3. The second-order valence-corrected chi connectivity index (χ2v) is 4.23. The molecule has 0 saturated carbocycles. The van der Waals surface area contributed by atoms with Gasteiger partial charge in [-0.3, -0.25) is 4.79 Å². The van der Waals surface area contributed by atoms with E-state index in [1.165, 1.54) is 12.1 Å². The van der Waals surface area contributed by atoms with Gasteiger partial charge in [-0.15, -0.1) is 0 Å². The Labute approximate surface area is 107 Å². The molecule has 1 aromatic rings. The molecule has 1 rings (SSSR count). The molecule has 0 saturated heterocycles. The summed E-state index contributed by atoms with van der Waals surface area (Å²) in [6, 6.07) is 6.06. The van der Waals surface area contributed by atoms with Crippen LogP contribution in [0.2, 0.25) is 0 Å². The number of nitrogens with one attached hydrogen (secondary N) is 1. The third kappa shape index (κ3) is 4.57. The van der Waals surface area contributed by atoms with Gasteiger partial charge in [0, 0.05) is 18.8 Å². The predicted octanol–water partition coefficient (Wildman–Crippen LogP) is 2.66. The van der Waals surface area contributed by atoms with Crippen LogP contribution < -0.4 is 5.32 Å². The van der Waals surface area contributed by atoms with Crippen molar-refractivity contribution in [1.29, 1.82) is 0 Å². The molecule has 98 valence electrons. The number of likely N-dealkylation sites (N-methyl/N-ethyl adjacent to an activating group) is 1. The molecule has 0 radical (unpaired) electrons. The number of anilines is 1. The minimum Gasteiger partial charge on any atom is -0.376 e. The highest BCUT2D eigenvalue weighted by Gasteiger charge is 2.10. The van der Waals surface area contributed by atoms with Gasteiger partial charge in [0.15, 0.2) is 0 Å². The topological polar surface area (TPSA) is 32.3 Å². The number of carbonyl (C=O) groups excluding carboxylic acids is 1. The molecule has 1 amide bonds. The van der Waals surface area contributed by atoms with E-state index in [0.717, 1.165) is 5.57 Å². The van der Waals surface area contributed by atoms with Crippen LogP contribution in [0.5, 0.6) is 0 Å². The van der Waals surface area contributed by atoms with Gasteiger partial charge in [-0.05, 0) is 32.0 Å². The van der Waals surface area contributed by atoms with Gasteiger partial charge >= 0.3 is 0 Å². The zero-order valence-corrected chi connectivity index (χ0v) is 10.9. The van der Waals surface area contributed by atoms with Crippen molar-refractivity contribution >= 4 is 11.6 Å². The zero-order valence-electron chi connectivity index (χ0n) is 10.9. The second kappa shape index (κ2) is 6.79. The molecule has 0 aromatic heterocycles. The first-order chi connectivity index (χ1) is 8.52. The number of amides is 1. The van der Waals surface area contributed by atoms with Crippen molar-refractivity contribution in [2.24, 2.45) is 0 Å². The number of rotatable bonds is 6. The van der Waals surface area contributed by atoms with Crippen LogP contribution in [0, 0.1) is 5.82 Å². The van der Waals surface area contributed by atoms with Crippen LogP contribution in [0.3, 0.4) is 0 Å². The van der Waals surface area contributed by atoms with Gasteiger partial charge in [-0.1, -0.05) is 18.2 Å². The normalized spacial score (nSPS) is 9.94. The highest BCUT2D eigenvalue weighted by atomic mass is 19.1. The number of benzene rings is 1. The summed E-state index contributed by atoms with van der Waals surface area (Å²) in [6.07, 6.45) is 0. The fourth-order valence-corrected chi connectivity index (χ4v) is 1.59. The maximum absolute atomic E-state index is 12.9. The SMILES string of the molecule is C=C(C)CN(CC)C(=O)CNc1cccc(F)c1. The van der Waals surface area contributed by atoms with Crippen molar-refractivity contribution in [3.63, 3.8) is 0 Å². The molecule has 0 unspecified atom stereocenters. The van der Waals surface area contributed by atoms with E-state index in [-0.39, 0.29) is 18.3 Å². The molecule has 0 atom stereocenters. The zero-order chi connectivity index (χ0) is 13.5. The lowest BCUT2D eigenvalue weighted by Gasteiger charge is -2.21. The summed E-state index contributed by atoms with van der Waals surface area (Å²) < 4.78 is 12.9. The van der Waals surface area contributed by atoms with Crippen molar-refractivity contribution in [2.45, 2.75) is 13.8 Å². The largest absolute Gasteiger partial charge is 0.376 e. The van der Waals surface area contributed by atoms with Gasteiger partial charge in [-0.2, -0.15) is 0 Å². The van der Waals surface area contributed by atoms with Gasteiger partial charge in [0.05, 0.1) is 6.54 Å². The lowest BCUT2D eigenvalue weighted by atomic mass is 10.3. The number of nitrogens with zero attached hydrogens (tertiary/aromatic N) is 1. The Bertz CT molecular complexity index is 432. The quantitative estimate of drug-likeness (QED) is 0.787. The fraction of sp³-hybridized carbons (Fsp3) is 0.357. The molecule has 0 aliphatic carbocycles. The van der Waals surface area contributed by atoms with E-state index in [1.54, 1.807) is 17.0 Å². The number of hydrogen-bond donors (Lipinski definition) is 1. The van der Waals surface area contributed by atoms with Crippen molar-refractivity contribution in [3.05, 3.63) is 42.2 Å². The summed E-state index contributed by atoms with van der Waals surface area (Å²) >= 11 is 0. The molecule has 0 fully saturated rings. The number of hydrogen-bond acceptors (Lipinski definition) is 2. The second-order valence-electron chi connectivity index (χ2n) is 4.23. The Morgan fingerprint density at radius 2 is 2.22 bits per heavy atom. The molecule has 0 bridgehead atoms. The minimum atomic E-state index is -0.318. The highest BCUT2D eigenvalue weighted by molar-refractivity contribution is 5.81. The Kier molecular flexibility index (Phi) is 5.36. The van der Waals surface area contributed by atoms with E-state index in [9.17, 15) is 9.18 Å². The van der Waals surface area contributed by atoms with Gasteiger partial charge in [0.1, 0.15) is 5.82 Å². The van der Waals surface area contributed by atoms with E-state index in [1.807, 2.05) is 13.8 Å². The summed E-state index contributed by atoms with van der Waals surface area (Å²) in [5, 5.41) is 2.91. The van der Waals surface area contributed by atoms with E-state index in [0.29, 0.717) is 18.8 Å². The molecular formula is C14H19FN2O. The van der Waals surface area contributed by atoms with Crippen molar-refractivity contribution in [1.82, 2.24) is 4.90 Å². The lowest BCUT2D eigenvalue weighted by Crippen LogP contribution is -2.36. The average molecular weight is 250 g/mol. The third-order valence-electron chi connectivity index (χ3n) is 2.46. The van der Waals surface area contributed by atoms with E-state index < -0.39 is 0 Å². The number of carbonyl (C=O) groups is 1. The number of halogens is 1. The molecule has 0 spiro atoms. The predicted molar refractivity (Wildman–Crippen MR) is 72.0 cm³/mol. The molecule has 18 heavy (non-hydrogen) atoms. The van der Waals surface area contributed by atoms with Crippen molar-refractivity contribution in [3.8, 4) is 0 Å². The molecule has 3 nitrogen and oxygen atoms in total. The molecule has 4 heteroatoms. The van der Waals surface area contributed by atoms with Gasteiger partial charge < -0.3 is 10.2 Å². The maximum Gasteiger partial charge on any atom is 0.242 e. The third-order valence-corrected chi connectivity index (χ3v) is 2.46. The first kappa shape index (κ1) is 14.2.